The van der Waals surface area contributed by atoms with Crippen molar-refractivity contribution < 1.29 is 13.6 Å². The number of halogens is 2. The molecule has 1 heterocycles. The average Bonchev–Trinajstić information content (AvgIpc) is 2.36. The van der Waals surface area contributed by atoms with Gasteiger partial charge in [-0.05, 0) is 25.6 Å². The molecule has 0 N–H and O–H groups in total. The monoisotopic (exact) mass is 254 g/mol. The molecule has 1 aliphatic heterocycles. The summed E-state index contributed by atoms with van der Waals surface area (Å²) in [6.45, 7) is 4.07. The number of hydrogen-bond acceptors (Lipinski definition) is 2. The van der Waals surface area contributed by atoms with Gasteiger partial charge in [0.25, 0.3) is 5.91 Å². The number of aryl methyl sites for hydroxylation is 1. The molecule has 1 aliphatic rings. The van der Waals surface area contributed by atoms with Gasteiger partial charge in [0.2, 0.25) is 0 Å². The second-order valence-electron chi connectivity index (χ2n) is 4.65. The quantitative estimate of drug-likeness (QED) is 0.761. The van der Waals surface area contributed by atoms with Gasteiger partial charge in [0.1, 0.15) is 0 Å². The fourth-order valence-electron chi connectivity index (χ4n) is 1.99. The molecule has 0 unspecified atom stereocenters. The lowest BCUT2D eigenvalue weighted by atomic mass is 10.1. The highest BCUT2D eigenvalue weighted by Gasteiger charge is 2.24. The minimum atomic E-state index is -1.04. The van der Waals surface area contributed by atoms with Crippen LogP contribution in [0.15, 0.2) is 12.1 Å². The molecule has 0 radical (unpaired) electrons. The van der Waals surface area contributed by atoms with Crippen LogP contribution in [0.1, 0.15) is 15.9 Å². The zero-order valence-electron chi connectivity index (χ0n) is 10.5. The summed E-state index contributed by atoms with van der Waals surface area (Å²) < 4.78 is 27.1. The summed E-state index contributed by atoms with van der Waals surface area (Å²) in [5, 5.41) is 0. The molecular formula is C13H16F2N2O. The molecule has 0 spiro atoms. The maximum Gasteiger partial charge on any atom is 0.257 e. The Morgan fingerprint density at radius 2 is 1.72 bits per heavy atom. The summed E-state index contributed by atoms with van der Waals surface area (Å²) in [7, 11) is 1.97. The highest BCUT2D eigenvalue weighted by molar-refractivity contribution is 5.94. The van der Waals surface area contributed by atoms with Crippen LogP contribution >= 0.6 is 0 Å². The van der Waals surface area contributed by atoms with E-state index >= 15 is 0 Å². The van der Waals surface area contributed by atoms with E-state index in [0.29, 0.717) is 13.1 Å². The lowest BCUT2D eigenvalue weighted by Crippen LogP contribution is -2.47. The van der Waals surface area contributed by atoms with E-state index in [9.17, 15) is 13.6 Å². The number of benzene rings is 1. The number of nitrogens with zero attached hydrogens (tertiary/aromatic N) is 2. The maximum absolute atomic E-state index is 13.7. The number of carbonyl (C=O) groups is 1. The van der Waals surface area contributed by atoms with E-state index in [-0.39, 0.29) is 11.1 Å². The minimum absolute atomic E-state index is 0.178. The molecule has 1 amide bonds. The smallest absolute Gasteiger partial charge is 0.257 e. The van der Waals surface area contributed by atoms with Crippen LogP contribution in [0.25, 0.3) is 0 Å². The summed E-state index contributed by atoms with van der Waals surface area (Å²) in [5.41, 5.74) is 0.0325. The van der Waals surface area contributed by atoms with Crippen LogP contribution in [-0.2, 0) is 0 Å². The van der Waals surface area contributed by atoms with Crippen LogP contribution in [0, 0.1) is 18.6 Å². The fraction of sp³-hybridized carbons (Fsp3) is 0.462. The largest absolute Gasteiger partial charge is 0.336 e. The molecule has 1 aromatic carbocycles. The first-order valence-corrected chi connectivity index (χ1v) is 5.93. The van der Waals surface area contributed by atoms with Gasteiger partial charge in [0, 0.05) is 26.2 Å². The summed E-state index contributed by atoms with van der Waals surface area (Å²) in [4.78, 5) is 15.7. The predicted octanol–water partition coefficient (Wildman–Crippen LogP) is 1.66. The van der Waals surface area contributed by atoms with Crippen molar-refractivity contribution >= 4 is 5.91 Å². The molecule has 0 saturated carbocycles. The first-order chi connectivity index (χ1) is 8.50. The molecule has 0 aliphatic carbocycles. The molecule has 98 valence electrons. The third kappa shape index (κ3) is 2.36. The molecule has 1 saturated heterocycles. The zero-order valence-corrected chi connectivity index (χ0v) is 10.5. The topological polar surface area (TPSA) is 23.6 Å². The first kappa shape index (κ1) is 13.0. The number of hydrogen-bond donors (Lipinski definition) is 0. The molecule has 1 fully saturated rings. The van der Waals surface area contributed by atoms with Crippen molar-refractivity contribution in [2.75, 3.05) is 33.2 Å². The Bertz CT molecular complexity index is 468. The normalized spacial score (nSPS) is 17.0. The molecule has 18 heavy (non-hydrogen) atoms. The number of carbonyl (C=O) groups excluding carboxylic acids is 1. The van der Waals surface area contributed by atoms with Crippen molar-refractivity contribution in [1.82, 2.24) is 9.80 Å². The SMILES string of the molecule is Cc1ccc(C(=O)N2CCN(C)CC2)c(F)c1F. The van der Waals surface area contributed by atoms with E-state index in [1.807, 2.05) is 7.05 Å². The van der Waals surface area contributed by atoms with E-state index < -0.39 is 17.5 Å². The Labute approximate surface area is 105 Å². The highest BCUT2D eigenvalue weighted by Crippen LogP contribution is 2.18. The molecular weight excluding hydrogens is 238 g/mol. The second kappa shape index (κ2) is 5.02. The van der Waals surface area contributed by atoms with Crippen LogP contribution in [0.5, 0.6) is 0 Å². The highest BCUT2D eigenvalue weighted by atomic mass is 19.2. The lowest BCUT2D eigenvalue weighted by molar-refractivity contribution is 0.0658. The minimum Gasteiger partial charge on any atom is -0.336 e. The molecule has 5 heteroatoms. The fourth-order valence-corrected chi connectivity index (χ4v) is 1.99. The average molecular weight is 254 g/mol. The summed E-state index contributed by atoms with van der Waals surface area (Å²) in [6.07, 6.45) is 0. The molecule has 2 rings (SSSR count). The third-order valence-corrected chi connectivity index (χ3v) is 3.30. The number of piperazine rings is 1. The predicted molar refractivity (Wildman–Crippen MR) is 64.5 cm³/mol. The molecule has 1 aromatic rings. The van der Waals surface area contributed by atoms with E-state index in [2.05, 4.69) is 4.90 Å². The van der Waals surface area contributed by atoms with Crippen molar-refractivity contribution in [1.29, 1.82) is 0 Å². The Morgan fingerprint density at radius 1 is 1.11 bits per heavy atom. The van der Waals surface area contributed by atoms with Crippen molar-refractivity contribution in [3.05, 3.63) is 34.9 Å². The summed E-state index contributed by atoms with van der Waals surface area (Å²) in [5.74, 6) is -2.41. The van der Waals surface area contributed by atoms with Crippen molar-refractivity contribution in [2.45, 2.75) is 6.92 Å². The standard InChI is InChI=1S/C13H16F2N2O/c1-9-3-4-10(12(15)11(9)14)13(18)17-7-5-16(2)6-8-17/h3-4H,5-8H2,1-2H3. The van der Waals surface area contributed by atoms with Gasteiger partial charge in [0.05, 0.1) is 5.56 Å². The summed E-state index contributed by atoms with van der Waals surface area (Å²) in [6, 6.07) is 2.79. The number of rotatable bonds is 1. The van der Waals surface area contributed by atoms with Crippen LogP contribution < -0.4 is 0 Å². The van der Waals surface area contributed by atoms with E-state index in [1.54, 1.807) is 4.90 Å². The maximum atomic E-state index is 13.7. The second-order valence-corrected chi connectivity index (χ2v) is 4.65. The van der Waals surface area contributed by atoms with Crippen molar-refractivity contribution in [2.24, 2.45) is 0 Å². The first-order valence-electron chi connectivity index (χ1n) is 5.93. The van der Waals surface area contributed by atoms with Crippen molar-refractivity contribution in [3.63, 3.8) is 0 Å². The van der Waals surface area contributed by atoms with Gasteiger partial charge in [-0.2, -0.15) is 0 Å². The Hall–Kier alpha value is -1.49. The number of likely N-dealkylation sites (N-methyl/N-ethyl adjacent to an activating group) is 1. The van der Waals surface area contributed by atoms with Crippen LogP contribution in [0.3, 0.4) is 0 Å². The van der Waals surface area contributed by atoms with Gasteiger partial charge in [-0.15, -0.1) is 0 Å². The Balaban J connectivity index is 2.21. The van der Waals surface area contributed by atoms with Crippen molar-refractivity contribution in [3.8, 4) is 0 Å². The van der Waals surface area contributed by atoms with Gasteiger partial charge in [-0.1, -0.05) is 6.07 Å². The summed E-state index contributed by atoms with van der Waals surface area (Å²) >= 11 is 0. The van der Waals surface area contributed by atoms with E-state index in [1.165, 1.54) is 19.1 Å². The van der Waals surface area contributed by atoms with Gasteiger partial charge in [-0.3, -0.25) is 4.79 Å². The van der Waals surface area contributed by atoms with Gasteiger partial charge >= 0.3 is 0 Å². The Morgan fingerprint density at radius 3 is 2.33 bits per heavy atom. The molecule has 0 bridgehead atoms. The zero-order chi connectivity index (χ0) is 13.3. The van der Waals surface area contributed by atoms with E-state index in [0.717, 1.165) is 13.1 Å². The van der Waals surface area contributed by atoms with Crippen LogP contribution in [0.2, 0.25) is 0 Å². The van der Waals surface area contributed by atoms with Crippen LogP contribution in [-0.4, -0.2) is 48.9 Å². The van der Waals surface area contributed by atoms with Crippen LogP contribution in [0.4, 0.5) is 8.78 Å². The molecule has 3 nitrogen and oxygen atoms in total. The van der Waals surface area contributed by atoms with E-state index in [4.69, 9.17) is 0 Å². The number of amides is 1. The van der Waals surface area contributed by atoms with Gasteiger partial charge < -0.3 is 9.80 Å². The van der Waals surface area contributed by atoms with Gasteiger partial charge in [0.15, 0.2) is 11.6 Å². The molecule has 0 atom stereocenters. The Kier molecular flexibility index (Phi) is 3.61. The molecule has 0 aromatic heterocycles. The van der Waals surface area contributed by atoms with Gasteiger partial charge in [-0.25, -0.2) is 8.78 Å². The third-order valence-electron chi connectivity index (χ3n) is 3.30. The lowest BCUT2D eigenvalue weighted by Gasteiger charge is -2.32.